The molecule has 0 bridgehead atoms. The topological polar surface area (TPSA) is 93.4 Å². The Balaban J connectivity index is 2.78. The second kappa shape index (κ2) is 7.79. The number of nitrogens with one attached hydrogen (secondary N) is 1. The molecule has 0 aliphatic carbocycles. The van der Waals surface area contributed by atoms with Crippen LogP contribution in [0.15, 0.2) is 30.3 Å². The zero-order valence-corrected chi connectivity index (χ0v) is 11.2. The minimum Gasteiger partial charge on any atom is -0.479 e. The van der Waals surface area contributed by atoms with Gasteiger partial charge in [-0.2, -0.15) is 5.26 Å². The molecule has 0 radical (unpaired) electrons. The van der Waals surface area contributed by atoms with Gasteiger partial charge in [0.15, 0.2) is 6.04 Å². The Bertz CT molecular complexity index is 496. The first-order valence-corrected chi connectivity index (χ1v) is 6.30. The molecule has 0 fully saturated rings. The molecule has 2 N–H and O–H groups in total. The van der Waals surface area contributed by atoms with E-state index in [2.05, 4.69) is 5.32 Å². The number of carbonyl (C=O) groups is 2. The summed E-state index contributed by atoms with van der Waals surface area (Å²) < 4.78 is 0. The lowest BCUT2D eigenvalue weighted by Crippen LogP contribution is -2.44. The lowest BCUT2D eigenvalue weighted by atomic mass is 10.1. The summed E-state index contributed by atoms with van der Waals surface area (Å²) in [5.41, 5.74) is 0.504. The highest BCUT2D eigenvalue weighted by Crippen LogP contribution is 2.13. The molecule has 0 spiro atoms. The van der Waals surface area contributed by atoms with Crippen molar-refractivity contribution in [1.82, 2.24) is 10.2 Å². The van der Waals surface area contributed by atoms with Crippen LogP contribution in [0.25, 0.3) is 0 Å². The van der Waals surface area contributed by atoms with Crippen molar-refractivity contribution in [2.45, 2.75) is 19.4 Å². The minimum absolute atomic E-state index is 0.213. The summed E-state index contributed by atoms with van der Waals surface area (Å²) in [6.45, 7) is 2.46. The molecule has 0 saturated carbocycles. The molecule has 1 aromatic rings. The van der Waals surface area contributed by atoms with Gasteiger partial charge in [0.2, 0.25) is 0 Å². The number of carboxylic acid groups (broad SMARTS) is 1. The summed E-state index contributed by atoms with van der Waals surface area (Å²) in [6.07, 6.45) is 0.213. The Morgan fingerprint density at radius 3 is 2.55 bits per heavy atom. The lowest BCUT2D eigenvalue weighted by Gasteiger charge is -2.23. The van der Waals surface area contributed by atoms with Crippen molar-refractivity contribution >= 4 is 12.0 Å². The Labute approximate surface area is 117 Å². The number of amides is 2. The van der Waals surface area contributed by atoms with Crippen LogP contribution < -0.4 is 5.32 Å². The number of aliphatic carboxylic acids is 1. The first-order chi connectivity index (χ1) is 9.60. The van der Waals surface area contributed by atoms with E-state index in [9.17, 15) is 14.7 Å². The SMILES string of the molecule is CCN(CCC#N)C(=O)NC(C(=O)O)c1ccccc1. The third kappa shape index (κ3) is 4.28. The third-order valence-corrected chi connectivity index (χ3v) is 2.81. The van der Waals surface area contributed by atoms with Crippen LogP contribution in [0.4, 0.5) is 4.79 Å². The van der Waals surface area contributed by atoms with E-state index in [0.29, 0.717) is 12.1 Å². The van der Waals surface area contributed by atoms with E-state index in [4.69, 9.17) is 5.26 Å². The molecule has 20 heavy (non-hydrogen) atoms. The van der Waals surface area contributed by atoms with Crippen LogP contribution in [0, 0.1) is 11.3 Å². The van der Waals surface area contributed by atoms with Gasteiger partial charge in [0.25, 0.3) is 0 Å². The van der Waals surface area contributed by atoms with Crippen molar-refractivity contribution in [2.75, 3.05) is 13.1 Å². The van der Waals surface area contributed by atoms with Crippen molar-refractivity contribution in [1.29, 1.82) is 5.26 Å². The van der Waals surface area contributed by atoms with Gasteiger partial charge in [0, 0.05) is 13.1 Å². The highest BCUT2D eigenvalue weighted by atomic mass is 16.4. The maximum absolute atomic E-state index is 12.0. The molecular weight excluding hydrogens is 258 g/mol. The van der Waals surface area contributed by atoms with Gasteiger partial charge in [-0.25, -0.2) is 9.59 Å². The van der Waals surface area contributed by atoms with Gasteiger partial charge in [0.05, 0.1) is 12.5 Å². The summed E-state index contributed by atoms with van der Waals surface area (Å²) in [7, 11) is 0. The van der Waals surface area contributed by atoms with Gasteiger partial charge in [0.1, 0.15) is 0 Å². The van der Waals surface area contributed by atoms with Crippen molar-refractivity contribution in [3.63, 3.8) is 0 Å². The monoisotopic (exact) mass is 275 g/mol. The lowest BCUT2D eigenvalue weighted by molar-refractivity contribution is -0.139. The van der Waals surface area contributed by atoms with Crippen LogP contribution in [0.3, 0.4) is 0 Å². The second-order valence-electron chi connectivity index (χ2n) is 4.12. The number of urea groups is 1. The maximum atomic E-state index is 12.0. The number of carboxylic acids is 1. The Morgan fingerprint density at radius 1 is 1.40 bits per heavy atom. The van der Waals surface area contributed by atoms with E-state index in [1.807, 2.05) is 6.07 Å². The summed E-state index contributed by atoms with van der Waals surface area (Å²) in [6, 6.07) is 8.86. The largest absolute Gasteiger partial charge is 0.479 e. The third-order valence-electron chi connectivity index (χ3n) is 2.81. The van der Waals surface area contributed by atoms with Gasteiger partial charge < -0.3 is 15.3 Å². The molecule has 6 heteroatoms. The normalized spacial score (nSPS) is 11.2. The Kier molecular flexibility index (Phi) is 6.04. The van der Waals surface area contributed by atoms with Gasteiger partial charge >= 0.3 is 12.0 Å². The second-order valence-corrected chi connectivity index (χ2v) is 4.12. The quantitative estimate of drug-likeness (QED) is 0.827. The smallest absolute Gasteiger partial charge is 0.330 e. The van der Waals surface area contributed by atoms with Crippen molar-refractivity contribution in [3.8, 4) is 6.07 Å². The predicted octanol–water partition coefficient (Wildman–Crippen LogP) is 1.76. The van der Waals surface area contributed by atoms with Crippen LogP contribution in [-0.4, -0.2) is 35.1 Å². The zero-order valence-electron chi connectivity index (χ0n) is 11.2. The number of rotatable bonds is 6. The minimum atomic E-state index is -1.12. The summed E-state index contributed by atoms with van der Waals surface area (Å²) in [5, 5.41) is 20.2. The standard InChI is InChI=1S/C14H17N3O3/c1-2-17(10-6-9-15)14(20)16-12(13(18)19)11-7-4-3-5-8-11/h3-5,7-8,12H,2,6,10H2,1H3,(H,16,20)(H,18,19). The van der Waals surface area contributed by atoms with Gasteiger partial charge in [-0.15, -0.1) is 0 Å². The number of nitriles is 1. The van der Waals surface area contributed by atoms with Crippen molar-refractivity contribution in [3.05, 3.63) is 35.9 Å². The molecule has 1 atom stereocenters. The fraction of sp³-hybridized carbons (Fsp3) is 0.357. The first-order valence-electron chi connectivity index (χ1n) is 6.30. The van der Waals surface area contributed by atoms with Crippen LogP contribution in [-0.2, 0) is 4.79 Å². The number of carbonyl (C=O) groups excluding carboxylic acids is 1. The fourth-order valence-electron chi connectivity index (χ4n) is 1.74. The number of hydrogen-bond donors (Lipinski definition) is 2. The molecule has 106 valence electrons. The molecule has 6 nitrogen and oxygen atoms in total. The molecule has 0 aliphatic heterocycles. The van der Waals surface area contributed by atoms with E-state index in [1.165, 1.54) is 4.90 Å². The van der Waals surface area contributed by atoms with Crippen LogP contribution in [0.1, 0.15) is 24.9 Å². The highest BCUT2D eigenvalue weighted by Gasteiger charge is 2.23. The van der Waals surface area contributed by atoms with Crippen LogP contribution in [0.5, 0.6) is 0 Å². The molecule has 0 aliphatic rings. The number of benzene rings is 1. The van der Waals surface area contributed by atoms with Gasteiger partial charge in [-0.05, 0) is 12.5 Å². The maximum Gasteiger partial charge on any atom is 0.330 e. The average molecular weight is 275 g/mol. The Morgan fingerprint density at radius 2 is 2.05 bits per heavy atom. The molecule has 1 rings (SSSR count). The van der Waals surface area contributed by atoms with E-state index in [1.54, 1.807) is 37.3 Å². The Hall–Kier alpha value is -2.55. The van der Waals surface area contributed by atoms with Gasteiger partial charge in [-0.1, -0.05) is 30.3 Å². The van der Waals surface area contributed by atoms with E-state index in [0.717, 1.165) is 0 Å². The van der Waals surface area contributed by atoms with Gasteiger partial charge in [-0.3, -0.25) is 0 Å². The summed E-state index contributed by atoms with van der Waals surface area (Å²) in [5.74, 6) is -1.12. The van der Waals surface area contributed by atoms with Crippen LogP contribution in [0.2, 0.25) is 0 Å². The predicted molar refractivity (Wildman–Crippen MR) is 72.8 cm³/mol. The van der Waals surface area contributed by atoms with E-state index < -0.39 is 18.0 Å². The molecule has 1 unspecified atom stereocenters. The molecule has 0 aromatic heterocycles. The molecule has 1 aromatic carbocycles. The summed E-state index contributed by atoms with van der Waals surface area (Å²) in [4.78, 5) is 24.7. The van der Waals surface area contributed by atoms with Crippen molar-refractivity contribution in [2.24, 2.45) is 0 Å². The number of hydrogen-bond acceptors (Lipinski definition) is 3. The molecular formula is C14H17N3O3. The fourth-order valence-corrected chi connectivity index (χ4v) is 1.74. The number of nitrogens with zero attached hydrogens (tertiary/aromatic N) is 2. The zero-order chi connectivity index (χ0) is 15.0. The van der Waals surface area contributed by atoms with Crippen molar-refractivity contribution < 1.29 is 14.7 Å². The summed E-state index contributed by atoms with van der Waals surface area (Å²) >= 11 is 0. The molecule has 0 heterocycles. The van der Waals surface area contributed by atoms with E-state index in [-0.39, 0.29) is 13.0 Å². The molecule has 2 amide bonds. The highest BCUT2D eigenvalue weighted by molar-refractivity contribution is 5.83. The average Bonchev–Trinajstić information content (AvgIpc) is 2.46. The molecule has 0 saturated heterocycles. The first kappa shape index (κ1) is 15.5. The van der Waals surface area contributed by atoms with E-state index >= 15 is 0 Å². The van der Waals surface area contributed by atoms with Crippen LogP contribution >= 0.6 is 0 Å².